The third-order valence-electron chi connectivity index (χ3n) is 8.66. The predicted octanol–water partition coefficient (Wildman–Crippen LogP) is 3.57. The Balaban J connectivity index is 1.48. The summed E-state index contributed by atoms with van der Waals surface area (Å²) in [6, 6.07) is 16.2. The lowest BCUT2D eigenvalue weighted by molar-refractivity contribution is -0.123. The summed E-state index contributed by atoms with van der Waals surface area (Å²) in [6.45, 7) is 4.17. The highest BCUT2D eigenvalue weighted by Gasteiger charge is 2.29. The van der Waals surface area contributed by atoms with Gasteiger partial charge in [-0.05, 0) is 84.8 Å². The number of benzene rings is 2. The summed E-state index contributed by atoms with van der Waals surface area (Å²) in [5.74, 6) is -0.195. The number of H-pyrrole nitrogens is 1. The number of ether oxygens (including phenoxy) is 2. The van der Waals surface area contributed by atoms with E-state index >= 15 is 0 Å². The SMILES string of the molecule is COc1ccc(C[C@@H]2NC(=O)c3ccc(OC)c(c3)CCCNC(=O)CN(C(=O)c3cc(-c4ccncc4)n[nH]3)C[C@H](CC(C)C)NC2=O)cc1. The van der Waals surface area contributed by atoms with E-state index in [1.807, 2.05) is 26.0 Å². The monoisotopic (exact) mass is 695 g/mol. The number of fused-ring (bicyclic) bond motifs is 2. The molecule has 1 aliphatic rings. The van der Waals surface area contributed by atoms with Crippen LogP contribution in [0.4, 0.5) is 0 Å². The van der Waals surface area contributed by atoms with Crippen LogP contribution >= 0.6 is 0 Å². The number of aryl methyl sites for hydroxylation is 1. The standard InChI is InChI=1S/C38H45N7O6/c1-24(2)18-29-22-45(38(49)33-21-31(43-44-33)26-13-16-39-17-14-26)23-35(46)40-15-5-6-27-20-28(9-12-34(27)51-4)36(47)42-32(37(48)41-29)19-25-7-10-30(50-3)11-8-25/h7-14,16-17,20-21,24,29,32H,5-6,15,18-19,22-23H2,1-4H3,(H,40,46)(H,41,48)(H,42,47)(H,43,44)/t29-,32-/m0/s1. The highest BCUT2D eigenvalue weighted by Crippen LogP contribution is 2.23. The number of methoxy groups -OCH3 is 2. The van der Waals surface area contributed by atoms with E-state index < -0.39 is 29.8 Å². The van der Waals surface area contributed by atoms with Crippen LogP contribution in [0.2, 0.25) is 0 Å². The molecule has 4 N–H and O–H groups in total. The van der Waals surface area contributed by atoms with E-state index in [0.29, 0.717) is 48.6 Å². The third-order valence-corrected chi connectivity index (χ3v) is 8.66. The molecule has 2 aromatic heterocycles. The Labute approximate surface area is 297 Å². The molecule has 13 heteroatoms. The lowest BCUT2D eigenvalue weighted by atomic mass is 10.00. The zero-order chi connectivity index (χ0) is 36.3. The molecule has 0 unspecified atom stereocenters. The first-order chi connectivity index (χ1) is 24.6. The molecule has 51 heavy (non-hydrogen) atoms. The van der Waals surface area contributed by atoms with Crippen molar-refractivity contribution in [3.05, 3.63) is 95.4 Å². The van der Waals surface area contributed by atoms with E-state index in [9.17, 15) is 19.2 Å². The molecule has 268 valence electrons. The van der Waals surface area contributed by atoms with Crippen molar-refractivity contribution in [1.82, 2.24) is 36.0 Å². The van der Waals surface area contributed by atoms with Crippen LogP contribution in [0, 0.1) is 5.92 Å². The number of aromatic nitrogens is 3. The average Bonchev–Trinajstić information content (AvgIpc) is 3.63. The van der Waals surface area contributed by atoms with Gasteiger partial charge in [0.25, 0.3) is 11.8 Å². The van der Waals surface area contributed by atoms with Crippen LogP contribution in [0.15, 0.2) is 73.1 Å². The fourth-order valence-electron chi connectivity index (χ4n) is 6.11. The quantitative estimate of drug-likeness (QED) is 0.217. The van der Waals surface area contributed by atoms with E-state index in [0.717, 1.165) is 16.7 Å². The molecule has 2 bridgehead atoms. The minimum atomic E-state index is -0.954. The van der Waals surface area contributed by atoms with Crippen molar-refractivity contribution in [3.8, 4) is 22.8 Å². The number of amides is 4. The molecule has 0 saturated carbocycles. The summed E-state index contributed by atoms with van der Waals surface area (Å²) in [5.41, 5.74) is 3.52. The van der Waals surface area contributed by atoms with Crippen LogP contribution in [0.3, 0.4) is 0 Å². The first-order valence-corrected chi connectivity index (χ1v) is 17.1. The summed E-state index contributed by atoms with van der Waals surface area (Å²) in [6.07, 6.45) is 5.07. The molecule has 2 atom stereocenters. The van der Waals surface area contributed by atoms with Crippen molar-refractivity contribution in [2.75, 3.05) is 33.9 Å². The maximum atomic E-state index is 14.1. The second kappa shape index (κ2) is 17.3. The number of nitrogens with one attached hydrogen (secondary N) is 4. The van der Waals surface area contributed by atoms with Gasteiger partial charge < -0.3 is 30.3 Å². The number of carbonyl (C=O) groups is 4. The zero-order valence-corrected chi connectivity index (χ0v) is 29.4. The highest BCUT2D eigenvalue weighted by molar-refractivity contribution is 5.98. The zero-order valence-electron chi connectivity index (χ0n) is 29.4. The van der Waals surface area contributed by atoms with E-state index in [4.69, 9.17) is 9.47 Å². The smallest absolute Gasteiger partial charge is 0.272 e. The van der Waals surface area contributed by atoms with E-state index in [1.165, 1.54) is 4.90 Å². The molecule has 3 heterocycles. The number of aromatic amines is 1. The largest absolute Gasteiger partial charge is 0.497 e. The maximum absolute atomic E-state index is 14.1. The Bertz CT molecular complexity index is 1810. The van der Waals surface area contributed by atoms with E-state index in [1.54, 1.807) is 75.1 Å². The van der Waals surface area contributed by atoms with Crippen LogP contribution in [-0.2, 0) is 22.4 Å². The number of nitrogens with zero attached hydrogens (tertiary/aromatic N) is 3. The fraction of sp³-hybridized carbons (Fsp3) is 0.368. The second-order valence-corrected chi connectivity index (χ2v) is 13.0. The molecular weight excluding hydrogens is 650 g/mol. The lowest BCUT2D eigenvalue weighted by Gasteiger charge is -2.30. The molecule has 0 radical (unpaired) electrons. The second-order valence-electron chi connectivity index (χ2n) is 13.0. The topological polar surface area (TPSA) is 168 Å². The maximum Gasteiger partial charge on any atom is 0.272 e. The van der Waals surface area contributed by atoms with Crippen molar-refractivity contribution in [3.63, 3.8) is 0 Å². The van der Waals surface area contributed by atoms with Gasteiger partial charge in [-0.1, -0.05) is 26.0 Å². The number of hydrogen-bond acceptors (Lipinski definition) is 8. The number of rotatable bonds is 8. The van der Waals surface area contributed by atoms with Gasteiger partial charge in [-0.3, -0.25) is 29.3 Å². The fourth-order valence-corrected chi connectivity index (χ4v) is 6.11. The van der Waals surface area contributed by atoms with Crippen molar-refractivity contribution in [2.24, 2.45) is 5.92 Å². The highest BCUT2D eigenvalue weighted by atomic mass is 16.5. The third kappa shape index (κ3) is 9.93. The van der Waals surface area contributed by atoms with Gasteiger partial charge in [0, 0.05) is 49.1 Å². The lowest BCUT2D eigenvalue weighted by Crippen LogP contribution is -2.54. The summed E-state index contributed by atoms with van der Waals surface area (Å²) in [5, 5.41) is 16.1. The molecule has 0 spiro atoms. The molecular formula is C38H45N7O6. The minimum Gasteiger partial charge on any atom is -0.497 e. The van der Waals surface area contributed by atoms with Gasteiger partial charge in [0.1, 0.15) is 23.2 Å². The van der Waals surface area contributed by atoms with Gasteiger partial charge in [-0.2, -0.15) is 5.10 Å². The Hall–Kier alpha value is -5.72. The van der Waals surface area contributed by atoms with E-state index in [2.05, 4.69) is 31.1 Å². The van der Waals surface area contributed by atoms with Gasteiger partial charge >= 0.3 is 0 Å². The van der Waals surface area contributed by atoms with Crippen LogP contribution in [0.5, 0.6) is 11.5 Å². The van der Waals surface area contributed by atoms with Gasteiger partial charge in [-0.25, -0.2) is 0 Å². The Morgan fingerprint density at radius 2 is 1.71 bits per heavy atom. The van der Waals surface area contributed by atoms with Gasteiger partial charge in [0.15, 0.2) is 0 Å². The van der Waals surface area contributed by atoms with E-state index in [-0.39, 0.29) is 37.0 Å². The number of carbonyl (C=O) groups excluding carboxylic acids is 4. The van der Waals surface area contributed by atoms with Crippen molar-refractivity contribution in [1.29, 1.82) is 0 Å². The van der Waals surface area contributed by atoms with Crippen molar-refractivity contribution < 1.29 is 28.7 Å². The molecule has 4 amide bonds. The number of hydrogen-bond donors (Lipinski definition) is 4. The predicted molar refractivity (Wildman–Crippen MR) is 191 cm³/mol. The van der Waals surface area contributed by atoms with Gasteiger partial charge in [0.2, 0.25) is 11.8 Å². The van der Waals surface area contributed by atoms with Crippen LogP contribution < -0.4 is 25.4 Å². The molecule has 13 nitrogen and oxygen atoms in total. The summed E-state index contributed by atoms with van der Waals surface area (Å²) in [7, 11) is 3.14. The van der Waals surface area contributed by atoms with Crippen LogP contribution in [0.25, 0.3) is 11.3 Å². The molecule has 4 aromatic rings. The van der Waals surface area contributed by atoms with Crippen LogP contribution in [-0.4, -0.2) is 89.6 Å². The Morgan fingerprint density at radius 1 is 0.941 bits per heavy atom. The molecule has 0 fully saturated rings. The Morgan fingerprint density at radius 3 is 2.41 bits per heavy atom. The molecule has 0 aliphatic carbocycles. The average molecular weight is 696 g/mol. The summed E-state index contributed by atoms with van der Waals surface area (Å²) in [4.78, 5) is 60.7. The minimum absolute atomic E-state index is 0.0426. The molecule has 2 aromatic carbocycles. The van der Waals surface area contributed by atoms with Gasteiger partial charge in [-0.15, -0.1) is 0 Å². The first-order valence-electron chi connectivity index (χ1n) is 17.1. The first kappa shape index (κ1) is 36.6. The summed E-state index contributed by atoms with van der Waals surface area (Å²) < 4.78 is 10.8. The Kier molecular flexibility index (Phi) is 12.4. The molecule has 0 saturated heterocycles. The molecule has 1 aliphatic heterocycles. The summed E-state index contributed by atoms with van der Waals surface area (Å²) >= 11 is 0. The normalized spacial score (nSPS) is 17.6. The molecule has 5 rings (SSSR count). The van der Waals surface area contributed by atoms with Crippen LogP contribution in [0.1, 0.15) is 58.7 Å². The van der Waals surface area contributed by atoms with Crippen molar-refractivity contribution >= 4 is 23.6 Å². The van der Waals surface area contributed by atoms with Crippen molar-refractivity contribution in [2.45, 2.75) is 51.6 Å². The van der Waals surface area contributed by atoms with Gasteiger partial charge in [0.05, 0.1) is 26.5 Å². The number of pyridine rings is 1.